The summed E-state index contributed by atoms with van der Waals surface area (Å²) in [6.07, 6.45) is 3.84. The van der Waals surface area contributed by atoms with Crippen molar-refractivity contribution in [1.29, 1.82) is 0 Å². The second kappa shape index (κ2) is 5.92. The molecule has 0 saturated carbocycles. The summed E-state index contributed by atoms with van der Waals surface area (Å²) < 4.78 is 17.9. The van der Waals surface area contributed by atoms with Crippen LogP contribution in [0.1, 0.15) is 44.9 Å². The summed E-state index contributed by atoms with van der Waals surface area (Å²) >= 11 is -0.991. The molecule has 1 aliphatic carbocycles. The zero-order valence-electron chi connectivity index (χ0n) is 14.5. The number of nitrogens with two attached hydrogens (primary N) is 1. The van der Waals surface area contributed by atoms with Crippen molar-refractivity contribution in [3.05, 3.63) is 23.4 Å². The maximum Gasteiger partial charge on any atom is 0.213 e. The van der Waals surface area contributed by atoms with Crippen molar-refractivity contribution in [3.63, 3.8) is 0 Å². The maximum atomic E-state index is 12.9. The molecule has 2 heterocycles. The van der Waals surface area contributed by atoms with Crippen LogP contribution in [0.4, 0.5) is 0 Å². The van der Waals surface area contributed by atoms with E-state index in [0.29, 0.717) is 5.88 Å². The van der Waals surface area contributed by atoms with Crippen LogP contribution in [0.15, 0.2) is 12.1 Å². The highest BCUT2D eigenvalue weighted by Gasteiger charge is 2.49. The quantitative estimate of drug-likeness (QED) is 0.660. The third kappa shape index (κ3) is 3.22. The summed E-state index contributed by atoms with van der Waals surface area (Å²) in [4.78, 5) is 4.62. The van der Waals surface area contributed by atoms with Crippen LogP contribution in [0.25, 0.3) is 0 Å². The van der Waals surface area contributed by atoms with Gasteiger partial charge in [-0.15, -0.1) is 0 Å². The Morgan fingerprint density at radius 3 is 2.78 bits per heavy atom. The third-order valence-corrected chi connectivity index (χ3v) is 7.23. The topological polar surface area (TPSA) is 74.4 Å². The Bertz CT molecular complexity index is 590. The Kier molecular flexibility index (Phi) is 4.38. The van der Waals surface area contributed by atoms with Crippen LogP contribution in [0, 0.1) is 5.41 Å². The lowest BCUT2D eigenvalue weighted by Crippen LogP contribution is -2.57. The maximum absolute atomic E-state index is 12.9. The van der Waals surface area contributed by atoms with Gasteiger partial charge in [-0.3, -0.25) is 5.84 Å². The fourth-order valence-electron chi connectivity index (χ4n) is 3.79. The Balaban J connectivity index is 1.82. The summed E-state index contributed by atoms with van der Waals surface area (Å²) in [5.74, 6) is 6.86. The molecule has 0 radical (unpaired) electrons. The number of fused-ring (bicyclic) bond motifs is 1. The predicted molar refractivity (Wildman–Crippen MR) is 92.4 cm³/mol. The second-order valence-corrected chi connectivity index (χ2v) is 10.2. The van der Waals surface area contributed by atoms with E-state index in [2.05, 4.69) is 11.1 Å². The Morgan fingerprint density at radius 1 is 1.39 bits per heavy atom. The molecule has 3 atom stereocenters. The molecule has 2 aliphatic rings. The van der Waals surface area contributed by atoms with Gasteiger partial charge in [0, 0.05) is 24.7 Å². The first-order valence-corrected chi connectivity index (χ1v) is 9.40. The number of pyridine rings is 1. The minimum atomic E-state index is -0.991. The monoisotopic (exact) mass is 337 g/mol. The number of methoxy groups -OCH3 is 1. The molecule has 23 heavy (non-hydrogen) atoms. The van der Waals surface area contributed by atoms with Crippen LogP contribution in [-0.4, -0.2) is 38.3 Å². The van der Waals surface area contributed by atoms with Gasteiger partial charge in [-0.1, -0.05) is 6.07 Å². The van der Waals surface area contributed by atoms with E-state index in [-0.39, 0.29) is 15.5 Å². The lowest BCUT2D eigenvalue weighted by molar-refractivity contribution is 0.0896. The lowest BCUT2D eigenvalue weighted by atomic mass is 9.76. The van der Waals surface area contributed by atoms with Gasteiger partial charge in [0.25, 0.3) is 0 Å². The standard InChI is InChI=1S/C17H27N3O2S/c1-16(2,3)23(21)15-11-17(7-8-20(15)18)9-12-5-6-14(22-4)19-13(12)10-17/h5-6,15H,7-11,18H2,1-4H3/t15-,17?,23?/m1/s1. The van der Waals surface area contributed by atoms with E-state index in [1.807, 2.05) is 26.8 Å². The van der Waals surface area contributed by atoms with E-state index >= 15 is 0 Å². The van der Waals surface area contributed by atoms with Gasteiger partial charge in [-0.05, 0) is 62.2 Å². The van der Waals surface area contributed by atoms with Crippen LogP contribution in [0.2, 0.25) is 0 Å². The van der Waals surface area contributed by atoms with Gasteiger partial charge in [0.15, 0.2) is 5.37 Å². The van der Waals surface area contributed by atoms with E-state index in [9.17, 15) is 4.55 Å². The predicted octanol–water partition coefficient (Wildman–Crippen LogP) is 2.02. The van der Waals surface area contributed by atoms with Crippen molar-refractivity contribution in [2.45, 2.75) is 56.6 Å². The van der Waals surface area contributed by atoms with E-state index in [0.717, 1.165) is 37.9 Å². The van der Waals surface area contributed by atoms with Crippen LogP contribution in [0.5, 0.6) is 5.88 Å². The fourth-order valence-corrected chi connectivity index (χ4v) is 5.46. The zero-order valence-corrected chi connectivity index (χ0v) is 15.3. The Morgan fingerprint density at radius 2 is 2.13 bits per heavy atom. The first kappa shape index (κ1) is 17.0. The van der Waals surface area contributed by atoms with Gasteiger partial charge >= 0.3 is 0 Å². The highest BCUT2D eigenvalue weighted by Crippen LogP contribution is 2.47. The van der Waals surface area contributed by atoms with Crippen molar-refractivity contribution >= 4 is 11.2 Å². The molecule has 5 nitrogen and oxygen atoms in total. The van der Waals surface area contributed by atoms with Crippen LogP contribution >= 0.6 is 0 Å². The van der Waals surface area contributed by atoms with E-state index in [1.165, 1.54) is 5.56 Å². The largest absolute Gasteiger partial charge is 0.615 e. The van der Waals surface area contributed by atoms with E-state index in [4.69, 9.17) is 10.6 Å². The second-order valence-electron chi connectivity index (χ2n) is 7.87. The minimum Gasteiger partial charge on any atom is -0.615 e. The number of ether oxygens (including phenoxy) is 1. The van der Waals surface area contributed by atoms with E-state index in [1.54, 1.807) is 12.1 Å². The van der Waals surface area contributed by atoms with Crippen molar-refractivity contribution in [2.75, 3.05) is 13.7 Å². The molecule has 6 heteroatoms. The SMILES string of the molecule is COc1ccc2c(n1)CC1(CCN(N)[C@H]([S+]([O-])C(C)(C)C)C1)C2. The van der Waals surface area contributed by atoms with Gasteiger partial charge in [0.05, 0.1) is 7.11 Å². The molecule has 1 aliphatic heterocycles. The van der Waals surface area contributed by atoms with Gasteiger partial charge in [0.2, 0.25) is 5.88 Å². The van der Waals surface area contributed by atoms with Crippen molar-refractivity contribution < 1.29 is 9.29 Å². The molecule has 1 aromatic heterocycles. The zero-order chi connectivity index (χ0) is 16.8. The highest BCUT2D eigenvalue weighted by molar-refractivity contribution is 7.93. The van der Waals surface area contributed by atoms with Crippen LogP contribution in [-0.2, 0) is 24.0 Å². The molecule has 0 aromatic carbocycles. The summed E-state index contributed by atoms with van der Waals surface area (Å²) in [6.45, 7) is 6.85. The minimum absolute atomic E-state index is 0.0834. The Hall–Kier alpha value is -0.820. The highest BCUT2D eigenvalue weighted by atomic mass is 32.2. The third-order valence-electron chi connectivity index (χ3n) is 5.09. The molecule has 0 bridgehead atoms. The van der Waals surface area contributed by atoms with Gasteiger partial charge < -0.3 is 9.29 Å². The number of aromatic nitrogens is 1. The lowest BCUT2D eigenvalue weighted by Gasteiger charge is -2.45. The summed E-state index contributed by atoms with van der Waals surface area (Å²) in [5.41, 5.74) is 2.58. The molecular weight excluding hydrogens is 310 g/mol. The summed E-state index contributed by atoms with van der Waals surface area (Å²) in [5, 5.41) is 1.71. The van der Waals surface area contributed by atoms with Crippen LogP contribution in [0.3, 0.4) is 0 Å². The Labute approximate surface area is 141 Å². The van der Waals surface area contributed by atoms with E-state index < -0.39 is 11.2 Å². The number of nitrogens with zero attached hydrogens (tertiary/aromatic N) is 2. The molecule has 2 unspecified atom stereocenters. The molecule has 1 fully saturated rings. The molecule has 3 rings (SSSR count). The molecule has 1 spiro atoms. The molecular formula is C17H27N3O2S. The molecule has 1 saturated heterocycles. The molecule has 2 N–H and O–H groups in total. The van der Waals surface area contributed by atoms with Gasteiger partial charge in [0.1, 0.15) is 4.75 Å². The summed E-state index contributed by atoms with van der Waals surface area (Å²) in [6, 6.07) is 4.06. The summed E-state index contributed by atoms with van der Waals surface area (Å²) in [7, 11) is 1.65. The molecule has 0 amide bonds. The number of hydrogen-bond acceptors (Lipinski definition) is 5. The number of piperidine rings is 1. The molecule has 1 aromatic rings. The van der Waals surface area contributed by atoms with Crippen molar-refractivity contribution in [1.82, 2.24) is 9.99 Å². The smallest absolute Gasteiger partial charge is 0.213 e. The van der Waals surface area contributed by atoms with Gasteiger partial charge in [-0.25, -0.2) is 4.98 Å². The molecule has 128 valence electrons. The fraction of sp³-hybridized carbons (Fsp3) is 0.706. The average molecular weight is 337 g/mol. The first-order valence-electron chi connectivity index (χ1n) is 8.19. The van der Waals surface area contributed by atoms with Gasteiger partial charge in [-0.2, -0.15) is 5.01 Å². The number of rotatable bonds is 2. The number of hydrogen-bond donors (Lipinski definition) is 1. The average Bonchev–Trinajstić information content (AvgIpc) is 2.85. The van der Waals surface area contributed by atoms with Crippen LogP contribution < -0.4 is 10.6 Å². The van der Waals surface area contributed by atoms with Crippen molar-refractivity contribution in [3.8, 4) is 5.88 Å². The van der Waals surface area contributed by atoms with Crippen molar-refractivity contribution in [2.24, 2.45) is 11.3 Å². The first-order chi connectivity index (χ1) is 10.7. The number of hydrazine groups is 1. The normalized spacial score (nSPS) is 29.6.